The van der Waals surface area contributed by atoms with Gasteiger partial charge in [-0.15, -0.1) is 0 Å². The molecule has 0 aromatic heterocycles. The maximum atomic E-state index is 11.5. The van der Waals surface area contributed by atoms with Gasteiger partial charge in [-0.1, -0.05) is 13.8 Å². The number of carbonyl (C=O) groups is 2. The third-order valence-electron chi connectivity index (χ3n) is 2.54. The Hall–Kier alpha value is -0.860. The van der Waals surface area contributed by atoms with Crippen LogP contribution in [0, 0.1) is 11.8 Å². The molecular weight excluding hydrogens is 166 g/mol. The lowest BCUT2D eigenvalue weighted by Gasteiger charge is -2.30. The zero-order chi connectivity index (χ0) is 9.84. The van der Waals surface area contributed by atoms with Gasteiger partial charge in [0.1, 0.15) is 6.29 Å². The van der Waals surface area contributed by atoms with Crippen LogP contribution in [0.5, 0.6) is 0 Å². The average molecular weight is 183 g/mol. The highest BCUT2D eigenvalue weighted by atomic mass is 16.2. The Balaban J connectivity index is 2.40. The van der Waals surface area contributed by atoms with Crippen LogP contribution in [0.3, 0.4) is 0 Å². The molecule has 1 amide bonds. The lowest BCUT2D eigenvalue weighted by Crippen LogP contribution is -2.40. The van der Waals surface area contributed by atoms with Gasteiger partial charge in [0.05, 0.1) is 0 Å². The summed E-state index contributed by atoms with van der Waals surface area (Å²) in [6, 6.07) is 0. The second-order valence-electron chi connectivity index (χ2n) is 3.95. The summed E-state index contributed by atoms with van der Waals surface area (Å²) in [4.78, 5) is 23.9. The summed E-state index contributed by atoms with van der Waals surface area (Å²) in [5.41, 5.74) is 0. The molecule has 3 heteroatoms. The number of hydrogen-bond donors (Lipinski definition) is 0. The molecule has 0 aromatic rings. The van der Waals surface area contributed by atoms with Crippen molar-refractivity contribution in [3.63, 3.8) is 0 Å². The van der Waals surface area contributed by atoms with E-state index in [1.165, 1.54) is 0 Å². The van der Waals surface area contributed by atoms with E-state index in [4.69, 9.17) is 0 Å². The fraction of sp³-hybridized carbons (Fsp3) is 0.800. The molecule has 0 saturated carbocycles. The first-order chi connectivity index (χ1) is 6.15. The van der Waals surface area contributed by atoms with Crippen molar-refractivity contribution in [2.24, 2.45) is 11.8 Å². The maximum absolute atomic E-state index is 11.5. The van der Waals surface area contributed by atoms with Crippen LogP contribution in [0.1, 0.15) is 26.7 Å². The number of hydrogen-bond acceptors (Lipinski definition) is 2. The summed E-state index contributed by atoms with van der Waals surface area (Å²) >= 11 is 0. The van der Waals surface area contributed by atoms with Crippen molar-refractivity contribution in [1.29, 1.82) is 0 Å². The van der Waals surface area contributed by atoms with Gasteiger partial charge in [0.25, 0.3) is 0 Å². The molecule has 0 atom stereocenters. The van der Waals surface area contributed by atoms with E-state index >= 15 is 0 Å². The number of carbonyl (C=O) groups excluding carboxylic acids is 2. The molecule has 74 valence electrons. The van der Waals surface area contributed by atoms with Crippen molar-refractivity contribution in [1.82, 2.24) is 4.90 Å². The molecule has 0 aromatic carbocycles. The Kier molecular flexibility index (Phi) is 3.46. The molecule has 0 N–H and O–H groups in total. The van der Waals surface area contributed by atoms with Gasteiger partial charge in [-0.3, -0.25) is 4.79 Å². The van der Waals surface area contributed by atoms with Crippen molar-refractivity contribution < 1.29 is 9.59 Å². The highest BCUT2D eigenvalue weighted by molar-refractivity contribution is 5.78. The monoisotopic (exact) mass is 183 g/mol. The summed E-state index contributed by atoms with van der Waals surface area (Å²) in [6.45, 7) is 5.32. The number of likely N-dealkylation sites (tertiary alicyclic amines) is 1. The summed E-state index contributed by atoms with van der Waals surface area (Å²) < 4.78 is 0. The van der Waals surface area contributed by atoms with Crippen LogP contribution in [0.2, 0.25) is 0 Å². The lowest BCUT2D eigenvalue weighted by molar-refractivity contribution is -0.136. The zero-order valence-corrected chi connectivity index (χ0v) is 8.32. The molecule has 1 rings (SSSR count). The van der Waals surface area contributed by atoms with Crippen LogP contribution >= 0.6 is 0 Å². The van der Waals surface area contributed by atoms with Gasteiger partial charge in [-0.2, -0.15) is 0 Å². The summed E-state index contributed by atoms with van der Waals surface area (Å²) in [7, 11) is 0. The summed E-state index contributed by atoms with van der Waals surface area (Å²) in [5, 5.41) is 0. The van der Waals surface area contributed by atoms with Crippen LogP contribution in [0.4, 0.5) is 0 Å². The molecule has 3 nitrogen and oxygen atoms in total. The van der Waals surface area contributed by atoms with Crippen molar-refractivity contribution in [3.05, 3.63) is 0 Å². The zero-order valence-electron chi connectivity index (χ0n) is 8.32. The fourth-order valence-electron chi connectivity index (χ4n) is 1.62. The van der Waals surface area contributed by atoms with Gasteiger partial charge in [-0.05, 0) is 12.8 Å². The van der Waals surface area contributed by atoms with Crippen LogP contribution < -0.4 is 0 Å². The van der Waals surface area contributed by atoms with Gasteiger partial charge in [0, 0.05) is 24.9 Å². The predicted molar refractivity (Wildman–Crippen MR) is 50.2 cm³/mol. The second kappa shape index (κ2) is 4.40. The minimum atomic E-state index is 0.0766. The minimum Gasteiger partial charge on any atom is -0.342 e. The fourth-order valence-corrected chi connectivity index (χ4v) is 1.62. The highest BCUT2D eigenvalue weighted by Gasteiger charge is 2.23. The molecule has 0 bridgehead atoms. The predicted octanol–water partition coefficient (Wildman–Crippen LogP) is 1.08. The molecular formula is C10H17NO2. The van der Waals surface area contributed by atoms with Gasteiger partial charge in [0.15, 0.2) is 0 Å². The third kappa shape index (κ3) is 2.54. The standard InChI is InChI=1S/C10H17NO2/c1-8(2)10(13)11-5-3-9(7-12)4-6-11/h7-9H,3-6H2,1-2H3. The molecule has 1 fully saturated rings. The summed E-state index contributed by atoms with van der Waals surface area (Å²) in [5.74, 6) is 0.466. The van der Waals surface area contributed by atoms with Crippen LogP contribution in [0.25, 0.3) is 0 Å². The van der Waals surface area contributed by atoms with Gasteiger partial charge in [0.2, 0.25) is 5.91 Å². The number of rotatable bonds is 2. The molecule has 13 heavy (non-hydrogen) atoms. The van der Waals surface area contributed by atoms with Crippen LogP contribution in [-0.2, 0) is 9.59 Å². The van der Waals surface area contributed by atoms with E-state index in [1.807, 2.05) is 18.7 Å². The van der Waals surface area contributed by atoms with E-state index in [0.29, 0.717) is 0 Å². The van der Waals surface area contributed by atoms with Crippen molar-refractivity contribution in [2.45, 2.75) is 26.7 Å². The third-order valence-corrected chi connectivity index (χ3v) is 2.54. The minimum absolute atomic E-state index is 0.0766. The van der Waals surface area contributed by atoms with Gasteiger partial charge < -0.3 is 9.69 Å². The molecule has 1 saturated heterocycles. The van der Waals surface area contributed by atoms with E-state index in [-0.39, 0.29) is 17.7 Å². The lowest BCUT2D eigenvalue weighted by atomic mass is 9.98. The maximum Gasteiger partial charge on any atom is 0.225 e. The summed E-state index contributed by atoms with van der Waals surface area (Å²) in [6.07, 6.45) is 2.68. The Labute approximate surface area is 79.1 Å². The van der Waals surface area contributed by atoms with Crippen molar-refractivity contribution in [2.75, 3.05) is 13.1 Å². The van der Waals surface area contributed by atoms with Gasteiger partial charge in [-0.25, -0.2) is 0 Å². The molecule has 1 heterocycles. The van der Waals surface area contributed by atoms with Crippen molar-refractivity contribution >= 4 is 12.2 Å². The van der Waals surface area contributed by atoms with E-state index in [2.05, 4.69) is 0 Å². The van der Waals surface area contributed by atoms with E-state index in [0.717, 1.165) is 32.2 Å². The molecule has 0 unspecified atom stereocenters. The smallest absolute Gasteiger partial charge is 0.225 e. The Morgan fingerprint density at radius 2 is 1.92 bits per heavy atom. The average Bonchev–Trinajstić information content (AvgIpc) is 2.17. The highest BCUT2D eigenvalue weighted by Crippen LogP contribution is 2.16. The van der Waals surface area contributed by atoms with Crippen LogP contribution in [-0.4, -0.2) is 30.2 Å². The Morgan fingerprint density at radius 1 is 1.38 bits per heavy atom. The van der Waals surface area contributed by atoms with Gasteiger partial charge >= 0.3 is 0 Å². The molecule has 0 radical (unpaired) electrons. The molecule has 0 spiro atoms. The normalized spacial score (nSPS) is 19.2. The van der Waals surface area contributed by atoms with E-state index < -0.39 is 0 Å². The van der Waals surface area contributed by atoms with E-state index in [1.54, 1.807) is 0 Å². The van der Waals surface area contributed by atoms with Crippen molar-refractivity contribution in [3.8, 4) is 0 Å². The van der Waals surface area contributed by atoms with E-state index in [9.17, 15) is 9.59 Å². The second-order valence-corrected chi connectivity index (χ2v) is 3.95. The molecule has 1 aliphatic heterocycles. The number of nitrogens with zero attached hydrogens (tertiary/aromatic N) is 1. The quantitative estimate of drug-likeness (QED) is 0.601. The Morgan fingerprint density at radius 3 is 2.31 bits per heavy atom. The largest absolute Gasteiger partial charge is 0.342 e. The SMILES string of the molecule is CC(C)C(=O)N1CCC(C=O)CC1. The number of piperidine rings is 1. The first kappa shape index (κ1) is 10.2. The molecule has 1 aliphatic rings. The molecule has 0 aliphatic carbocycles. The number of aldehydes is 1. The Bertz CT molecular complexity index is 193. The van der Waals surface area contributed by atoms with Crippen LogP contribution in [0.15, 0.2) is 0 Å². The first-order valence-corrected chi connectivity index (χ1v) is 4.89. The topological polar surface area (TPSA) is 37.4 Å². The first-order valence-electron chi connectivity index (χ1n) is 4.89. The number of amides is 1.